The second-order valence-electron chi connectivity index (χ2n) is 6.88. The minimum Gasteiger partial charge on any atom is -0.318 e. The highest BCUT2D eigenvalue weighted by Gasteiger charge is 2.21. The smallest absolute Gasteiger partial charge is 0.276 e. The zero-order valence-electron chi connectivity index (χ0n) is 17.0. The van der Waals surface area contributed by atoms with E-state index in [1.807, 2.05) is 6.92 Å². The molecule has 10 nitrogen and oxygen atoms in total. The van der Waals surface area contributed by atoms with Gasteiger partial charge in [0.05, 0.1) is 35.2 Å². The van der Waals surface area contributed by atoms with Gasteiger partial charge >= 0.3 is 0 Å². The van der Waals surface area contributed by atoms with E-state index in [1.54, 1.807) is 37.1 Å². The quantitative estimate of drug-likeness (QED) is 0.456. The van der Waals surface area contributed by atoms with Crippen LogP contribution in [0.4, 0.5) is 15.8 Å². The molecular weight excluding hydrogens is 403 g/mol. The lowest BCUT2D eigenvalue weighted by molar-refractivity contribution is 0.101. The normalized spacial score (nSPS) is 10.8. The third-order valence-corrected chi connectivity index (χ3v) is 4.85. The Kier molecular flexibility index (Phi) is 5.07. The molecule has 0 unspecified atom stereocenters. The zero-order valence-corrected chi connectivity index (χ0v) is 17.0. The number of H-pyrrole nitrogens is 1. The second kappa shape index (κ2) is 7.86. The first kappa shape index (κ1) is 20.0. The fraction of sp³-hybridized carbons (Fsp3) is 0.150. The number of aromatic nitrogens is 6. The maximum atomic E-state index is 13.1. The minimum atomic E-state index is -0.500. The van der Waals surface area contributed by atoms with Crippen LogP contribution in [-0.2, 0) is 14.1 Å². The highest BCUT2D eigenvalue weighted by Crippen LogP contribution is 2.21. The molecule has 4 aromatic rings. The molecule has 0 bridgehead atoms. The van der Waals surface area contributed by atoms with Gasteiger partial charge in [0, 0.05) is 19.7 Å². The number of carbonyl (C=O) groups excluding carboxylic acids is 2. The Hall–Kier alpha value is -4.28. The van der Waals surface area contributed by atoms with Gasteiger partial charge < -0.3 is 10.6 Å². The van der Waals surface area contributed by atoms with E-state index in [2.05, 4.69) is 31.0 Å². The summed E-state index contributed by atoms with van der Waals surface area (Å²) in [7, 11) is 3.37. The van der Waals surface area contributed by atoms with Crippen LogP contribution in [0.15, 0.2) is 42.7 Å². The Morgan fingerprint density at radius 3 is 2.29 bits per heavy atom. The van der Waals surface area contributed by atoms with Crippen LogP contribution in [0.1, 0.15) is 26.7 Å². The molecule has 0 saturated carbocycles. The summed E-state index contributed by atoms with van der Waals surface area (Å²) >= 11 is 0. The number of nitrogens with zero attached hydrogens (tertiary/aromatic N) is 5. The molecule has 11 heteroatoms. The predicted molar refractivity (Wildman–Crippen MR) is 111 cm³/mol. The van der Waals surface area contributed by atoms with Gasteiger partial charge in [-0.2, -0.15) is 15.3 Å². The van der Waals surface area contributed by atoms with E-state index < -0.39 is 11.8 Å². The number of nitrogens with one attached hydrogen (secondary N) is 3. The summed E-state index contributed by atoms with van der Waals surface area (Å²) in [6.07, 6.45) is 2.93. The highest BCUT2D eigenvalue weighted by molar-refractivity contribution is 6.11. The maximum Gasteiger partial charge on any atom is 0.276 e. The molecule has 0 spiro atoms. The third kappa shape index (κ3) is 3.92. The zero-order chi connectivity index (χ0) is 22.1. The van der Waals surface area contributed by atoms with Crippen molar-refractivity contribution in [3.63, 3.8) is 0 Å². The third-order valence-electron chi connectivity index (χ3n) is 4.85. The summed E-state index contributed by atoms with van der Waals surface area (Å²) in [4.78, 5) is 25.5. The molecule has 1 aromatic carbocycles. The average Bonchev–Trinajstić information content (AvgIpc) is 3.45. The maximum absolute atomic E-state index is 13.1. The Morgan fingerprint density at radius 2 is 1.61 bits per heavy atom. The van der Waals surface area contributed by atoms with Crippen molar-refractivity contribution in [1.82, 2.24) is 29.8 Å². The van der Waals surface area contributed by atoms with Gasteiger partial charge in [0.2, 0.25) is 0 Å². The summed E-state index contributed by atoms with van der Waals surface area (Å²) in [6.45, 7) is 1.82. The van der Waals surface area contributed by atoms with E-state index >= 15 is 0 Å². The molecule has 0 aliphatic carbocycles. The van der Waals surface area contributed by atoms with E-state index in [9.17, 15) is 14.0 Å². The molecule has 158 valence electrons. The summed E-state index contributed by atoms with van der Waals surface area (Å²) in [5, 5.41) is 20.4. The molecule has 3 N–H and O–H groups in total. The van der Waals surface area contributed by atoms with Crippen molar-refractivity contribution in [3.8, 4) is 11.3 Å². The van der Waals surface area contributed by atoms with Crippen molar-refractivity contribution < 1.29 is 14.0 Å². The Balaban J connectivity index is 1.52. The number of aryl methyl sites for hydroxylation is 2. The lowest BCUT2D eigenvalue weighted by Crippen LogP contribution is -2.20. The fourth-order valence-electron chi connectivity index (χ4n) is 3.00. The highest BCUT2D eigenvalue weighted by atomic mass is 19.1. The number of aromatic amines is 1. The van der Waals surface area contributed by atoms with Crippen LogP contribution in [0.5, 0.6) is 0 Å². The van der Waals surface area contributed by atoms with Gasteiger partial charge in [-0.3, -0.25) is 24.1 Å². The van der Waals surface area contributed by atoms with Crippen molar-refractivity contribution in [3.05, 3.63) is 65.6 Å². The monoisotopic (exact) mass is 422 g/mol. The van der Waals surface area contributed by atoms with Crippen LogP contribution in [0.2, 0.25) is 0 Å². The Morgan fingerprint density at radius 1 is 0.968 bits per heavy atom. The lowest BCUT2D eigenvalue weighted by Gasteiger charge is -2.08. The van der Waals surface area contributed by atoms with Gasteiger partial charge in [0.1, 0.15) is 17.2 Å². The SMILES string of the molecule is Cc1c(NC(=O)c2c(NC(=O)c3cc(-c4ccc(F)cc4)n[nH]3)cnn2C)cnn1C. The van der Waals surface area contributed by atoms with Crippen LogP contribution in [-0.4, -0.2) is 41.6 Å². The summed E-state index contributed by atoms with van der Waals surface area (Å²) in [6, 6.07) is 7.30. The molecule has 0 aliphatic rings. The summed E-state index contributed by atoms with van der Waals surface area (Å²) in [5.74, 6) is -1.30. The molecule has 3 heterocycles. The molecule has 0 aliphatic heterocycles. The van der Waals surface area contributed by atoms with Crippen LogP contribution in [0, 0.1) is 12.7 Å². The van der Waals surface area contributed by atoms with Crippen molar-refractivity contribution in [2.75, 3.05) is 10.6 Å². The largest absolute Gasteiger partial charge is 0.318 e. The molecule has 0 saturated heterocycles. The van der Waals surface area contributed by atoms with Crippen LogP contribution >= 0.6 is 0 Å². The summed E-state index contributed by atoms with van der Waals surface area (Å²) < 4.78 is 16.1. The van der Waals surface area contributed by atoms with Crippen LogP contribution in [0.3, 0.4) is 0 Å². The first-order chi connectivity index (χ1) is 14.8. The van der Waals surface area contributed by atoms with E-state index in [-0.39, 0.29) is 22.9 Å². The number of hydrogen-bond donors (Lipinski definition) is 3. The number of halogens is 1. The molecule has 0 radical (unpaired) electrons. The van der Waals surface area contributed by atoms with Crippen LogP contribution in [0.25, 0.3) is 11.3 Å². The van der Waals surface area contributed by atoms with E-state index in [0.29, 0.717) is 16.9 Å². The van der Waals surface area contributed by atoms with E-state index in [4.69, 9.17) is 0 Å². The van der Waals surface area contributed by atoms with Crippen molar-refractivity contribution >= 4 is 23.2 Å². The van der Waals surface area contributed by atoms with Crippen molar-refractivity contribution in [2.24, 2.45) is 14.1 Å². The van der Waals surface area contributed by atoms with Gasteiger partial charge in [-0.05, 0) is 37.3 Å². The molecule has 31 heavy (non-hydrogen) atoms. The number of rotatable bonds is 5. The Bertz CT molecular complexity index is 1270. The fourth-order valence-corrected chi connectivity index (χ4v) is 3.00. The molecule has 0 atom stereocenters. The first-order valence-electron chi connectivity index (χ1n) is 9.28. The molecule has 4 rings (SSSR count). The second-order valence-corrected chi connectivity index (χ2v) is 6.88. The van der Waals surface area contributed by atoms with Gasteiger partial charge in [-0.15, -0.1) is 0 Å². The van der Waals surface area contributed by atoms with Crippen molar-refractivity contribution in [1.29, 1.82) is 0 Å². The molecule has 0 fully saturated rings. The van der Waals surface area contributed by atoms with Gasteiger partial charge in [-0.25, -0.2) is 4.39 Å². The number of amides is 2. The number of anilines is 2. The lowest BCUT2D eigenvalue weighted by atomic mass is 10.1. The molecule has 2 amide bonds. The number of hydrogen-bond acceptors (Lipinski definition) is 5. The van der Waals surface area contributed by atoms with Crippen molar-refractivity contribution in [2.45, 2.75) is 6.92 Å². The number of benzene rings is 1. The molecular formula is C20H19FN8O2. The van der Waals surface area contributed by atoms with Crippen LogP contribution < -0.4 is 10.6 Å². The topological polar surface area (TPSA) is 123 Å². The minimum absolute atomic E-state index is 0.176. The van der Waals surface area contributed by atoms with E-state index in [1.165, 1.54) is 29.1 Å². The Labute approximate surface area is 176 Å². The molecule has 3 aromatic heterocycles. The number of carbonyl (C=O) groups is 2. The van der Waals surface area contributed by atoms with Gasteiger partial charge in [0.15, 0.2) is 0 Å². The standard InChI is InChI=1S/C20H19FN8O2/c1-11-16(9-22-28(11)2)24-20(31)18-17(10-23-29(18)3)25-19(30)15-8-14(26-27-15)12-4-6-13(21)7-5-12/h4-10H,1-3H3,(H,24,31)(H,25,30)(H,26,27). The van der Waals surface area contributed by atoms with Gasteiger partial charge in [0.25, 0.3) is 11.8 Å². The average molecular weight is 422 g/mol. The summed E-state index contributed by atoms with van der Waals surface area (Å²) in [5.41, 5.74) is 3.08. The first-order valence-corrected chi connectivity index (χ1v) is 9.28. The van der Waals surface area contributed by atoms with Gasteiger partial charge in [-0.1, -0.05) is 0 Å². The van der Waals surface area contributed by atoms with E-state index in [0.717, 1.165) is 5.69 Å². The predicted octanol–water partition coefficient (Wildman–Crippen LogP) is 2.50.